The molecule has 0 saturated carbocycles. The molecule has 1 amide bonds. The second-order valence-corrected chi connectivity index (χ2v) is 7.57. The second-order valence-electron chi connectivity index (χ2n) is 7.57. The third-order valence-electron chi connectivity index (χ3n) is 4.19. The molecule has 26 heavy (non-hydrogen) atoms. The Labute approximate surface area is 151 Å². The largest absolute Gasteiger partial charge is 0.480 e. The minimum Gasteiger partial charge on any atom is -0.480 e. The van der Waals surface area contributed by atoms with Gasteiger partial charge in [-0.3, -0.25) is 4.90 Å². The molecule has 0 bridgehead atoms. The first-order chi connectivity index (χ1) is 12.0. The van der Waals surface area contributed by atoms with Crippen molar-refractivity contribution in [2.75, 3.05) is 13.1 Å². The van der Waals surface area contributed by atoms with E-state index in [4.69, 9.17) is 4.74 Å². The molecule has 1 aliphatic rings. The molecule has 1 aromatic carbocycles. The van der Waals surface area contributed by atoms with Gasteiger partial charge in [-0.15, -0.1) is 0 Å². The number of carboxylic acids is 1. The molecule has 144 valence electrons. The van der Waals surface area contributed by atoms with Gasteiger partial charge in [0.2, 0.25) is 0 Å². The number of carboxylic acid groups (broad SMARTS) is 1. The van der Waals surface area contributed by atoms with Crippen molar-refractivity contribution >= 4 is 12.1 Å². The number of carbonyl (C=O) groups excluding carboxylic acids is 1. The maximum absolute atomic E-state index is 13.3. The molecule has 0 aliphatic carbocycles. The van der Waals surface area contributed by atoms with Crippen molar-refractivity contribution in [1.82, 2.24) is 10.2 Å². The lowest BCUT2D eigenvalue weighted by Gasteiger charge is -2.39. The average molecular weight is 370 g/mol. The van der Waals surface area contributed by atoms with E-state index in [1.165, 1.54) is 12.1 Å². The fraction of sp³-hybridized carbons (Fsp3) is 0.556. The summed E-state index contributed by atoms with van der Waals surface area (Å²) in [6, 6.07) is 3.31. The average Bonchev–Trinajstić information content (AvgIpc) is 2.46. The normalized spacial score (nSPS) is 17.6. The van der Waals surface area contributed by atoms with E-state index >= 15 is 0 Å². The Balaban J connectivity index is 2.00. The van der Waals surface area contributed by atoms with Gasteiger partial charge in [0.1, 0.15) is 22.8 Å². The molecule has 1 heterocycles. The van der Waals surface area contributed by atoms with Gasteiger partial charge in [-0.25, -0.2) is 18.4 Å². The molecule has 1 aromatic rings. The number of hydrogen-bond donors (Lipinski definition) is 2. The van der Waals surface area contributed by atoms with Crippen LogP contribution in [0.1, 0.15) is 39.2 Å². The van der Waals surface area contributed by atoms with Crippen LogP contribution in [0, 0.1) is 11.6 Å². The van der Waals surface area contributed by atoms with E-state index in [0.717, 1.165) is 6.07 Å². The highest BCUT2D eigenvalue weighted by molar-refractivity contribution is 5.84. The first-order valence-corrected chi connectivity index (χ1v) is 8.41. The monoisotopic (exact) mass is 370 g/mol. The summed E-state index contributed by atoms with van der Waals surface area (Å²) >= 11 is 0. The minimum atomic E-state index is -1.41. The van der Waals surface area contributed by atoms with E-state index in [-0.39, 0.29) is 12.8 Å². The zero-order chi connectivity index (χ0) is 19.5. The highest BCUT2D eigenvalue weighted by Gasteiger charge is 2.43. The van der Waals surface area contributed by atoms with Crippen LogP contribution in [0.2, 0.25) is 0 Å². The summed E-state index contributed by atoms with van der Waals surface area (Å²) in [6.07, 6.45) is -0.445. The third-order valence-corrected chi connectivity index (χ3v) is 4.19. The first kappa shape index (κ1) is 20.1. The molecule has 2 N–H and O–H groups in total. The summed E-state index contributed by atoms with van der Waals surface area (Å²) in [4.78, 5) is 25.6. The minimum absolute atomic E-state index is 0.166. The van der Waals surface area contributed by atoms with E-state index in [9.17, 15) is 23.5 Å². The molecule has 0 spiro atoms. The van der Waals surface area contributed by atoms with Crippen LogP contribution >= 0.6 is 0 Å². The fourth-order valence-corrected chi connectivity index (χ4v) is 2.94. The number of amides is 1. The summed E-state index contributed by atoms with van der Waals surface area (Å²) in [5.41, 5.74) is -1.66. The van der Waals surface area contributed by atoms with Crippen LogP contribution in [0.3, 0.4) is 0 Å². The van der Waals surface area contributed by atoms with Gasteiger partial charge in [-0.05, 0) is 51.3 Å². The van der Waals surface area contributed by atoms with Crippen molar-refractivity contribution in [2.24, 2.45) is 0 Å². The predicted octanol–water partition coefficient (Wildman–Crippen LogP) is 2.91. The van der Waals surface area contributed by atoms with Crippen molar-refractivity contribution in [1.29, 1.82) is 0 Å². The number of rotatable bonds is 4. The Morgan fingerprint density at radius 2 is 1.73 bits per heavy atom. The lowest BCUT2D eigenvalue weighted by Crippen LogP contribution is -2.60. The fourth-order valence-electron chi connectivity index (χ4n) is 2.94. The van der Waals surface area contributed by atoms with E-state index in [1.807, 2.05) is 4.90 Å². The van der Waals surface area contributed by atoms with Crippen LogP contribution in [0.4, 0.5) is 13.6 Å². The highest BCUT2D eigenvalue weighted by atomic mass is 19.1. The topological polar surface area (TPSA) is 78.9 Å². The number of piperidine rings is 1. The van der Waals surface area contributed by atoms with Crippen LogP contribution in [0.5, 0.6) is 0 Å². The molecular weight excluding hydrogens is 346 g/mol. The Bertz CT molecular complexity index is 660. The van der Waals surface area contributed by atoms with Gasteiger partial charge in [0, 0.05) is 25.7 Å². The first-order valence-electron chi connectivity index (χ1n) is 8.41. The zero-order valence-corrected chi connectivity index (χ0v) is 15.1. The van der Waals surface area contributed by atoms with Crippen LogP contribution in [0.15, 0.2) is 18.2 Å². The van der Waals surface area contributed by atoms with E-state index in [2.05, 4.69) is 5.32 Å². The number of hydrogen-bond acceptors (Lipinski definition) is 4. The van der Waals surface area contributed by atoms with E-state index in [1.54, 1.807) is 20.8 Å². The molecule has 0 unspecified atom stereocenters. The second kappa shape index (κ2) is 7.57. The van der Waals surface area contributed by atoms with Gasteiger partial charge in [0.25, 0.3) is 0 Å². The quantitative estimate of drug-likeness (QED) is 0.852. The van der Waals surface area contributed by atoms with Gasteiger partial charge >= 0.3 is 12.1 Å². The summed E-state index contributed by atoms with van der Waals surface area (Å²) in [5, 5.41) is 12.1. The van der Waals surface area contributed by atoms with Crippen molar-refractivity contribution in [3.8, 4) is 0 Å². The smallest absolute Gasteiger partial charge is 0.408 e. The van der Waals surface area contributed by atoms with Gasteiger partial charge < -0.3 is 15.2 Å². The Kier molecular flexibility index (Phi) is 5.85. The number of alkyl carbamates (subject to hydrolysis) is 1. The lowest BCUT2D eigenvalue weighted by molar-refractivity contribution is -0.147. The summed E-state index contributed by atoms with van der Waals surface area (Å²) < 4.78 is 31.7. The van der Waals surface area contributed by atoms with E-state index in [0.29, 0.717) is 25.2 Å². The van der Waals surface area contributed by atoms with Gasteiger partial charge in [0.15, 0.2) is 0 Å². The number of carbonyl (C=O) groups is 2. The van der Waals surface area contributed by atoms with Gasteiger partial charge in [0.05, 0.1) is 0 Å². The molecule has 6 nitrogen and oxygen atoms in total. The number of benzene rings is 1. The van der Waals surface area contributed by atoms with Crippen LogP contribution in [0.25, 0.3) is 0 Å². The molecule has 0 aromatic heterocycles. The molecule has 0 radical (unpaired) electrons. The number of nitrogens with zero attached hydrogens (tertiary/aromatic N) is 1. The highest BCUT2D eigenvalue weighted by Crippen LogP contribution is 2.25. The number of ether oxygens (including phenoxy) is 1. The number of aliphatic carboxylic acids is 1. The Morgan fingerprint density at radius 3 is 2.19 bits per heavy atom. The summed E-state index contributed by atoms with van der Waals surface area (Å²) in [5.74, 6) is -2.42. The van der Waals surface area contributed by atoms with Crippen LogP contribution in [-0.2, 0) is 16.1 Å². The standard InChI is InChI=1S/C18H24F2N2O4/c1-17(2,3)26-16(25)21-18(15(23)24)4-6-22(7-5-18)11-12-8-13(19)10-14(20)9-12/h8-10H,4-7,11H2,1-3H3,(H,21,25)(H,23,24). The van der Waals surface area contributed by atoms with Crippen molar-refractivity contribution in [2.45, 2.75) is 51.3 Å². The maximum atomic E-state index is 13.3. The molecular formula is C18H24F2N2O4. The Hall–Kier alpha value is -2.22. The molecule has 8 heteroatoms. The van der Waals surface area contributed by atoms with Gasteiger partial charge in [-0.2, -0.15) is 0 Å². The van der Waals surface area contributed by atoms with Crippen molar-refractivity contribution in [3.05, 3.63) is 35.4 Å². The number of halogens is 2. The number of nitrogens with one attached hydrogen (secondary N) is 1. The van der Waals surface area contributed by atoms with Crippen molar-refractivity contribution in [3.63, 3.8) is 0 Å². The van der Waals surface area contributed by atoms with Crippen molar-refractivity contribution < 1.29 is 28.2 Å². The lowest BCUT2D eigenvalue weighted by atomic mass is 9.87. The third kappa shape index (κ3) is 5.39. The molecule has 2 rings (SSSR count). The SMILES string of the molecule is CC(C)(C)OC(=O)NC1(C(=O)O)CCN(Cc2cc(F)cc(F)c2)CC1. The van der Waals surface area contributed by atoms with Crippen LogP contribution < -0.4 is 5.32 Å². The molecule has 1 fully saturated rings. The maximum Gasteiger partial charge on any atom is 0.408 e. The Morgan fingerprint density at radius 1 is 1.19 bits per heavy atom. The summed E-state index contributed by atoms with van der Waals surface area (Å²) in [7, 11) is 0. The van der Waals surface area contributed by atoms with E-state index < -0.39 is 34.8 Å². The molecule has 1 aliphatic heterocycles. The molecule has 0 atom stereocenters. The van der Waals surface area contributed by atoms with Crippen LogP contribution in [-0.4, -0.2) is 46.3 Å². The zero-order valence-electron chi connectivity index (χ0n) is 15.1. The number of likely N-dealkylation sites (tertiary alicyclic amines) is 1. The summed E-state index contributed by atoms with van der Waals surface area (Å²) in [6.45, 7) is 6.11. The molecule has 1 saturated heterocycles. The van der Waals surface area contributed by atoms with Gasteiger partial charge in [-0.1, -0.05) is 0 Å². The predicted molar refractivity (Wildman–Crippen MR) is 90.6 cm³/mol.